The molecule has 0 bridgehead atoms. The van der Waals surface area contributed by atoms with E-state index < -0.39 is 11.9 Å². The first-order valence-corrected chi connectivity index (χ1v) is 7.13. The number of hydrogen-bond acceptors (Lipinski definition) is 5. The van der Waals surface area contributed by atoms with Crippen LogP contribution in [0, 0.1) is 6.92 Å². The van der Waals surface area contributed by atoms with Crippen LogP contribution in [0.3, 0.4) is 0 Å². The maximum atomic E-state index is 12.6. The quantitative estimate of drug-likeness (QED) is 0.763. The third-order valence-corrected chi connectivity index (χ3v) is 4.44. The highest BCUT2D eigenvalue weighted by molar-refractivity contribution is 6.05. The summed E-state index contributed by atoms with van der Waals surface area (Å²) in [6.07, 6.45) is 0.606. The predicted octanol–water partition coefficient (Wildman–Crippen LogP) is 0.485. The Kier molecular flexibility index (Phi) is 2.66. The van der Waals surface area contributed by atoms with Gasteiger partial charge in [-0.1, -0.05) is 0 Å². The Bertz CT molecular complexity index is 727. The number of piperidine rings is 1. The third kappa shape index (κ3) is 1.71. The average Bonchev–Trinajstić information content (AvgIpc) is 3.06. The number of imide groups is 1. The number of carbonyl (C=O) groups excluding carboxylic acids is 3. The van der Waals surface area contributed by atoms with E-state index in [4.69, 9.17) is 9.47 Å². The number of hydrogen-bond donors (Lipinski definition) is 1. The molecule has 3 aliphatic rings. The highest BCUT2D eigenvalue weighted by Gasteiger charge is 2.41. The fourth-order valence-corrected chi connectivity index (χ4v) is 3.27. The molecule has 1 aromatic rings. The van der Waals surface area contributed by atoms with Gasteiger partial charge in [0.05, 0.1) is 0 Å². The molecule has 0 aromatic heterocycles. The van der Waals surface area contributed by atoms with Crippen LogP contribution in [0.5, 0.6) is 11.5 Å². The Morgan fingerprint density at radius 2 is 2.09 bits per heavy atom. The van der Waals surface area contributed by atoms with Crippen LogP contribution in [-0.4, -0.2) is 35.5 Å². The van der Waals surface area contributed by atoms with Crippen LogP contribution in [0.25, 0.3) is 0 Å². The van der Waals surface area contributed by atoms with Gasteiger partial charge in [0.15, 0.2) is 11.5 Å². The van der Waals surface area contributed by atoms with Gasteiger partial charge in [0.1, 0.15) is 6.04 Å². The molecule has 0 aliphatic carbocycles. The summed E-state index contributed by atoms with van der Waals surface area (Å²) in [4.78, 5) is 37.4. The van der Waals surface area contributed by atoms with Crippen molar-refractivity contribution in [2.75, 3.05) is 6.79 Å². The third-order valence-electron chi connectivity index (χ3n) is 4.44. The zero-order valence-corrected chi connectivity index (χ0v) is 12.0. The number of nitrogens with zero attached hydrogens (tertiary/aromatic N) is 1. The monoisotopic (exact) mass is 302 g/mol. The molecule has 0 radical (unpaired) electrons. The van der Waals surface area contributed by atoms with Crippen LogP contribution in [-0.2, 0) is 16.1 Å². The second-order valence-electron chi connectivity index (χ2n) is 5.66. The topological polar surface area (TPSA) is 84.9 Å². The van der Waals surface area contributed by atoms with Gasteiger partial charge in [0.2, 0.25) is 18.6 Å². The second-order valence-corrected chi connectivity index (χ2v) is 5.66. The van der Waals surface area contributed by atoms with E-state index >= 15 is 0 Å². The summed E-state index contributed by atoms with van der Waals surface area (Å²) in [6, 6.07) is 1.08. The average molecular weight is 302 g/mol. The fourth-order valence-electron chi connectivity index (χ4n) is 3.27. The van der Waals surface area contributed by atoms with Crippen molar-refractivity contribution in [1.82, 2.24) is 10.2 Å². The molecule has 1 aromatic carbocycles. The van der Waals surface area contributed by atoms with Crippen LogP contribution in [0.2, 0.25) is 0 Å². The Labute approximate surface area is 126 Å². The summed E-state index contributed by atoms with van der Waals surface area (Å²) in [6.45, 7) is 2.39. The molecular weight excluding hydrogens is 288 g/mol. The highest BCUT2D eigenvalue weighted by atomic mass is 16.7. The van der Waals surface area contributed by atoms with Crippen LogP contribution in [0.1, 0.15) is 34.3 Å². The Balaban J connectivity index is 1.69. The van der Waals surface area contributed by atoms with Gasteiger partial charge in [0.25, 0.3) is 5.91 Å². The lowest BCUT2D eigenvalue weighted by atomic mass is 10.0. The lowest BCUT2D eigenvalue weighted by Crippen LogP contribution is -2.52. The van der Waals surface area contributed by atoms with Crippen molar-refractivity contribution >= 4 is 17.7 Å². The van der Waals surface area contributed by atoms with Crippen LogP contribution < -0.4 is 14.8 Å². The molecule has 3 heterocycles. The van der Waals surface area contributed by atoms with Crippen LogP contribution in [0.4, 0.5) is 0 Å². The molecule has 4 rings (SSSR count). The minimum absolute atomic E-state index is 0.157. The fraction of sp³-hybridized carbons (Fsp3) is 0.400. The second kappa shape index (κ2) is 4.46. The Morgan fingerprint density at radius 3 is 2.86 bits per heavy atom. The summed E-state index contributed by atoms with van der Waals surface area (Å²) < 4.78 is 10.8. The van der Waals surface area contributed by atoms with Gasteiger partial charge in [0, 0.05) is 24.1 Å². The molecule has 1 N–H and O–H groups in total. The largest absolute Gasteiger partial charge is 0.454 e. The zero-order chi connectivity index (χ0) is 15.4. The van der Waals surface area contributed by atoms with E-state index in [-0.39, 0.29) is 25.0 Å². The minimum atomic E-state index is -0.603. The van der Waals surface area contributed by atoms with E-state index in [0.29, 0.717) is 30.0 Å². The van der Waals surface area contributed by atoms with Crippen molar-refractivity contribution in [2.24, 2.45) is 0 Å². The van der Waals surface area contributed by atoms with Gasteiger partial charge in [-0.25, -0.2) is 0 Å². The predicted molar refractivity (Wildman–Crippen MR) is 73.3 cm³/mol. The number of carbonyl (C=O) groups is 3. The molecule has 0 saturated carbocycles. The van der Waals surface area contributed by atoms with Gasteiger partial charge in [-0.2, -0.15) is 0 Å². The standard InChI is InChI=1S/C15H14N2O5/c1-7-9-5-17(10-2-3-12(18)16-14(10)19)15(20)8(9)4-11-13(7)22-6-21-11/h4,10H,2-3,5-6H2,1H3,(H,16,18,19). The van der Waals surface area contributed by atoms with Gasteiger partial charge in [-0.05, 0) is 25.0 Å². The summed E-state index contributed by atoms with van der Waals surface area (Å²) in [5.74, 6) is 0.328. The van der Waals surface area contributed by atoms with E-state index in [0.717, 1.165) is 11.1 Å². The number of fused-ring (bicyclic) bond motifs is 2. The van der Waals surface area contributed by atoms with Gasteiger partial charge >= 0.3 is 0 Å². The summed E-state index contributed by atoms with van der Waals surface area (Å²) >= 11 is 0. The maximum Gasteiger partial charge on any atom is 0.255 e. The van der Waals surface area contributed by atoms with E-state index in [1.807, 2.05) is 6.92 Å². The highest BCUT2D eigenvalue weighted by Crippen LogP contribution is 2.42. The lowest BCUT2D eigenvalue weighted by Gasteiger charge is -2.29. The van der Waals surface area contributed by atoms with Crippen molar-refractivity contribution < 1.29 is 23.9 Å². The Morgan fingerprint density at radius 1 is 1.27 bits per heavy atom. The van der Waals surface area contributed by atoms with Crippen LogP contribution >= 0.6 is 0 Å². The smallest absolute Gasteiger partial charge is 0.255 e. The SMILES string of the molecule is Cc1c2c(cc3c1OCO3)C(=O)N(C1CCC(=O)NC1=O)C2. The summed E-state index contributed by atoms with van der Waals surface area (Å²) in [5.41, 5.74) is 2.28. The van der Waals surface area contributed by atoms with Gasteiger partial charge in [-0.15, -0.1) is 0 Å². The van der Waals surface area contributed by atoms with Gasteiger partial charge in [-0.3, -0.25) is 19.7 Å². The molecule has 1 unspecified atom stereocenters. The van der Waals surface area contributed by atoms with Crippen molar-refractivity contribution in [1.29, 1.82) is 0 Å². The molecule has 1 saturated heterocycles. The molecule has 7 heteroatoms. The zero-order valence-electron chi connectivity index (χ0n) is 12.0. The number of amides is 3. The summed E-state index contributed by atoms with van der Waals surface area (Å²) in [5, 5.41) is 2.29. The first-order valence-electron chi connectivity index (χ1n) is 7.13. The molecular formula is C15H14N2O5. The first-order chi connectivity index (χ1) is 10.6. The molecule has 0 spiro atoms. The molecule has 1 fully saturated rings. The number of ether oxygens (including phenoxy) is 2. The number of benzene rings is 1. The van der Waals surface area contributed by atoms with Crippen molar-refractivity contribution in [3.8, 4) is 11.5 Å². The molecule has 1 atom stereocenters. The van der Waals surface area contributed by atoms with E-state index in [1.165, 1.54) is 4.90 Å². The Hall–Kier alpha value is -2.57. The van der Waals surface area contributed by atoms with E-state index in [2.05, 4.69) is 5.32 Å². The van der Waals surface area contributed by atoms with Crippen LogP contribution in [0.15, 0.2) is 6.07 Å². The molecule has 7 nitrogen and oxygen atoms in total. The van der Waals surface area contributed by atoms with Gasteiger partial charge < -0.3 is 14.4 Å². The number of rotatable bonds is 1. The molecule has 22 heavy (non-hydrogen) atoms. The number of nitrogens with one attached hydrogen (secondary N) is 1. The van der Waals surface area contributed by atoms with Crippen molar-refractivity contribution in [3.05, 3.63) is 22.8 Å². The first kappa shape index (κ1) is 13.1. The summed E-state index contributed by atoms with van der Waals surface area (Å²) in [7, 11) is 0. The molecule has 114 valence electrons. The molecule has 3 amide bonds. The maximum absolute atomic E-state index is 12.6. The molecule has 3 aliphatic heterocycles. The lowest BCUT2D eigenvalue weighted by molar-refractivity contribution is -0.136. The van der Waals surface area contributed by atoms with Crippen molar-refractivity contribution in [2.45, 2.75) is 32.4 Å². The normalized spacial score (nSPS) is 22.9. The minimum Gasteiger partial charge on any atom is -0.454 e. The van der Waals surface area contributed by atoms with E-state index in [9.17, 15) is 14.4 Å². The van der Waals surface area contributed by atoms with E-state index in [1.54, 1.807) is 6.07 Å². The van der Waals surface area contributed by atoms with Crippen molar-refractivity contribution in [3.63, 3.8) is 0 Å².